The van der Waals surface area contributed by atoms with Crippen LogP contribution in [0.5, 0.6) is 0 Å². The lowest BCUT2D eigenvalue weighted by molar-refractivity contribution is 0.155. The number of nitrogens with zero attached hydrogens (tertiary/aromatic N) is 3. The minimum absolute atomic E-state index is 0.167. The Labute approximate surface area is 97.7 Å². The Morgan fingerprint density at radius 3 is 2.56 bits per heavy atom. The molecule has 0 bridgehead atoms. The molecule has 0 aliphatic carbocycles. The number of aromatic nitrogens is 3. The van der Waals surface area contributed by atoms with Gasteiger partial charge in [-0.05, 0) is 19.3 Å². The van der Waals surface area contributed by atoms with Crippen molar-refractivity contribution in [3.05, 3.63) is 11.6 Å². The second-order valence-corrected chi connectivity index (χ2v) is 4.08. The zero-order valence-electron chi connectivity index (χ0n) is 10.6. The summed E-state index contributed by atoms with van der Waals surface area (Å²) in [5.41, 5.74) is 0. The first-order chi connectivity index (χ1) is 7.71. The molecule has 1 heterocycles. The second kappa shape index (κ2) is 6.63. The number of hydrogen-bond donors (Lipinski definition) is 1. The van der Waals surface area contributed by atoms with Crippen LogP contribution >= 0.6 is 0 Å². The summed E-state index contributed by atoms with van der Waals surface area (Å²) in [4.78, 5) is 4.45. The molecule has 0 aliphatic heterocycles. The van der Waals surface area contributed by atoms with Crippen molar-refractivity contribution in [3.63, 3.8) is 0 Å². The minimum Gasteiger partial charge on any atom is -0.393 e. The van der Waals surface area contributed by atoms with Gasteiger partial charge in [0.25, 0.3) is 0 Å². The van der Waals surface area contributed by atoms with Gasteiger partial charge < -0.3 is 5.11 Å². The predicted molar refractivity (Wildman–Crippen MR) is 64.3 cm³/mol. The standard InChI is InChI=1S/C12H23N3O/c1-4-10(16)8-7-9-15-12(6-3)13-11(5-2)14-15/h10,16H,4-9H2,1-3H3. The molecule has 0 radical (unpaired) electrons. The van der Waals surface area contributed by atoms with Crippen molar-refractivity contribution in [2.75, 3.05) is 0 Å². The van der Waals surface area contributed by atoms with Gasteiger partial charge in [0.15, 0.2) is 5.82 Å². The molecule has 0 saturated carbocycles. The lowest BCUT2D eigenvalue weighted by Crippen LogP contribution is -2.09. The summed E-state index contributed by atoms with van der Waals surface area (Å²) in [6.07, 6.45) is 4.29. The highest BCUT2D eigenvalue weighted by molar-refractivity contribution is 4.92. The molecule has 92 valence electrons. The molecule has 0 aromatic carbocycles. The molecular weight excluding hydrogens is 202 g/mol. The Morgan fingerprint density at radius 1 is 1.25 bits per heavy atom. The van der Waals surface area contributed by atoms with Gasteiger partial charge in [-0.1, -0.05) is 20.8 Å². The maximum absolute atomic E-state index is 9.47. The number of rotatable bonds is 7. The van der Waals surface area contributed by atoms with E-state index in [0.29, 0.717) is 0 Å². The summed E-state index contributed by atoms with van der Waals surface area (Å²) in [6, 6.07) is 0. The fourth-order valence-electron chi connectivity index (χ4n) is 1.70. The smallest absolute Gasteiger partial charge is 0.150 e. The van der Waals surface area contributed by atoms with Crippen molar-refractivity contribution in [3.8, 4) is 0 Å². The SMILES string of the molecule is CCc1nc(CC)n(CCCC(O)CC)n1. The van der Waals surface area contributed by atoms with Crippen LogP contribution in [0.25, 0.3) is 0 Å². The molecule has 1 unspecified atom stereocenters. The Bertz CT molecular complexity index is 309. The Balaban J connectivity index is 2.49. The molecule has 0 saturated heterocycles. The van der Waals surface area contributed by atoms with Crippen molar-refractivity contribution in [2.24, 2.45) is 0 Å². The highest BCUT2D eigenvalue weighted by atomic mass is 16.3. The molecule has 1 aromatic rings. The fraction of sp³-hybridized carbons (Fsp3) is 0.833. The van der Waals surface area contributed by atoms with Gasteiger partial charge in [0.05, 0.1) is 6.10 Å². The van der Waals surface area contributed by atoms with E-state index >= 15 is 0 Å². The van der Waals surface area contributed by atoms with Crippen LogP contribution in [0.15, 0.2) is 0 Å². The van der Waals surface area contributed by atoms with Crippen molar-refractivity contribution >= 4 is 0 Å². The zero-order valence-corrected chi connectivity index (χ0v) is 10.6. The normalized spacial score (nSPS) is 13.0. The van der Waals surface area contributed by atoms with E-state index in [1.807, 2.05) is 11.6 Å². The van der Waals surface area contributed by atoms with Crippen LogP contribution < -0.4 is 0 Å². The van der Waals surface area contributed by atoms with Gasteiger partial charge in [0.2, 0.25) is 0 Å². The largest absolute Gasteiger partial charge is 0.393 e. The third-order valence-corrected chi connectivity index (χ3v) is 2.80. The van der Waals surface area contributed by atoms with Gasteiger partial charge in [0.1, 0.15) is 5.82 Å². The van der Waals surface area contributed by atoms with Crippen molar-refractivity contribution in [1.29, 1.82) is 0 Å². The summed E-state index contributed by atoms with van der Waals surface area (Å²) < 4.78 is 1.99. The fourth-order valence-corrected chi connectivity index (χ4v) is 1.70. The van der Waals surface area contributed by atoms with E-state index in [9.17, 15) is 5.11 Å². The molecule has 1 N–H and O–H groups in total. The van der Waals surface area contributed by atoms with E-state index in [1.165, 1.54) is 0 Å². The van der Waals surface area contributed by atoms with E-state index < -0.39 is 0 Å². The molecule has 1 rings (SSSR count). The second-order valence-electron chi connectivity index (χ2n) is 4.08. The monoisotopic (exact) mass is 225 g/mol. The quantitative estimate of drug-likeness (QED) is 0.771. The van der Waals surface area contributed by atoms with Crippen LogP contribution in [0.1, 0.15) is 51.7 Å². The van der Waals surface area contributed by atoms with Gasteiger partial charge in [-0.25, -0.2) is 9.67 Å². The molecule has 1 aromatic heterocycles. The van der Waals surface area contributed by atoms with Crippen LogP contribution in [0.2, 0.25) is 0 Å². The van der Waals surface area contributed by atoms with Crippen LogP contribution in [0.3, 0.4) is 0 Å². The minimum atomic E-state index is -0.167. The molecule has 0 aliphatic rings. The van der Waals surface area contributed by atoms with Crippen LogP contribution in [-0.2, 0) is 19.4 Å². The third kappa shape index (κ3) is 3.59. The average Bonchev–Trinajstić information content (AvgIpc) is 2.71. The number of aliphatic hydroxyl groups excluding tert-OH is 1. The highest BCUT2D eigenvalue weighted by Gasteiger charge is 2.07. The summed E-state index contributed by atoms with van der Waals surface area (Å²) in [6.45, 7) is 7.04. The first-order valence-corrected chi connectivity index (χ1v) is 6.31. The van der Waals surface area contributed by atoms with E-state index in [4.69, 9.17) is 0 Å². The lowest BCUT2D eigenvalue weighted by atomic mass is 10.1. The van der Waals surface area contributed by atoms with E-state index in [-0.39, 0.29) is 6.10 Å². The molecule has 4 nitrogen and oxygen atoms in total. The van der Waals surface area contributed by atoms with Crippen LogP contribution in [0.4, 0.5) is 0 Å². The summed E-state index contributed by atoms with van der Waals surface area (Å²) >= 11 is 0. The zero-order chi connectivity index (χ0) is 12.0. The first kappa shape index (κ1) is 13.2. The number of hydrogen-bond acceptors (Lipinski definition) is 3. The van der Waals surface area contributed by atoms with E-state index in [0.717, 1.165) is 50.3 Å². The van der Waals surface area contributed by atoms with Gasteiger partial charge in [-0.2, -0.15) is 5.10 Å². The first-order valence-electron chi connectivity index (χ1n) is 6.31. The summed E-state index contributed by atoms with van der Waals surface area (Å²) in [7, 11) is 0. The van der Waals surface area contributed by atoms with Gasteiger partial charge in [0, 0.05) is 19.4 Å². The number of aliphatic hydroxyl groups is 1. The van der Waals surface area contributed by atoms with Crippen molar-refractivity contribution in [1.82, 2.24) is 14.8 Å². The maximum atomic E-state index is 9.47. The molecular formula is C12H23N3O. The molecule has 1 atom stereocenters. The molecule has 0 spiro atoms. The van der Waals surface area contributed by atoms with Crippen molar-refractivity contribution in [2.45, 2.75) is 65.5 Å². The molecule has 4 heteroatoms. The molecule has 16 heavy (non-hydrogen) atoms. The average molecular weight is 225 g/mol. The van der Waals surface area contributed by atoms with E-state index in [2.05, 4.69) is 23.9 Å². The van der Waals surface area contributed by atoms with E-state index in [1.54, 1.807) is 0 Å². The van der Waals surface area contributed by atoms with Gasteiger partial charge in [-0.3, -0.25) is 0 Å². The maximum Gasteiger partial charge on any atom is 0.150 e. The summed E-state index contributed by atoms with van der Waals surface area (Å²) in [5.74, 6) is 1.98. The van der Waals surface area contributed by atoms with Gasteiger partial charge >= 0.3 is 0 Å². The molecule has 0 amide bonds. The molecule has 0 fully saturated rings. The topological polar surface area (TPSA) is 50.9 Å². The predicted octanol–water partition coefficient (Wildman–Crippen LogP) is 1.95. The Hall–Kier alpha value is -0.900. The number of aryl methyl sites for hydroxylation is 3. The highest BCUT2D eigenvalue weighted by Crippen LogP contribution is 2.06. The lowest BCUT2D eigenvalue weighted by Gasteiger charge is -2.08. The van der Waals surface area contributed by atoms with Crippen molar-refractivity contribution < 1.29 is 5.11 Å². The summed E-state index contributed by atoms with van der Waals surface area (Å²) in [5, 5.41) is 13.9. The van der Waals surface area contributed by atoms with Crippen LogP contribution in [0, 0.1) is 0 Å². The third-order valence-electron chi connectivity index (χ3n) is 2.80. The van der Waals surface area contributed by atoms with Crippen LogP contribution in [-0.4, -0.2) is 26.0 Å². The Kier molecular flexibility index (Phi) is 5.46. The Morgan fingerprint density at radius 2 is 2.00 bits per heavy atom. The van der Waals surface area contributed by atoms with Gasteiger partial charge in [-0.15, -0.1) is 0 Å².